The van der Waals surface area contributed by atoms with Gasteiger partial charge in [0.15, 0.2) is 0 Å². The quantitative estimate of drug-likeness (QED) is 0.584. The number of β-amino-alcohol motifs (C(OH)–C–C–N with tert-alkyl or cyclic N) is 1. The maximum Gasteiger partial charge on any atom is 0.246 e. The highest BCUT2D eigenvalue weighted by Crippen LogP contribution is 2.18. The molecule has 1 aromatic rings. The molecule has 0 bridgehead atoms. The number of amides is 1. The number of hydrogen-bond acceptors (Lipinski definition) is 6. The predicted octanol–water partition coefficient (Wildman–Crippen LogP) is -0.129. The summed E-state index contributed by atoms with van der Waals surface area (Å²) >= 11 is 0. The normalized spacial score (nSPS) is 19.4. The molecule has 7 nitrogen and oxygen atoms in total. The second-order valence-electron chi connectivity index (χ2n) is 7.22. The van der Waals surface area contributed by atoms with Crippen molar-refractivity contribution in [2.75, 3.05) is 65.7 Å². The van der Waals surface area contributed by atoms with Crippen molar-refractivity contribution < 1.29 is 19.4 Å². The summed E-state index contributed by atoms with van der Waals surface area (Å²) in [6.45, 7) is 7.36. The van der Waals surface area contributed by atoms with Crippen LogP contribution in [0, 0.1) is 0 Å². The van der Waals surface area contributed by atoms with Crippen LogP contribution in [0.15, 0.2) is 24.3 Å². The molecule has 1 saturated heterocycles. The van der Waals surface area contributed by atoms with Crippen molar-refractivity contribution in [3.05, 3.63) is 35.4 Å². The second kappa shape index (κ2) is 10.7. The van der Waals surface area contributed by atoms with E-state index in [1.165, 1.54) is 11.1 Å². The van der Waals surface area contributed by atoms with Crippen LogP contribution in [0.25, 0.3) is 0 Å². The molecular formula is C20H31N3O4. The van der Waals surface area contributed by atoms with Crippen molar-refractivity contribution in [1.82, 2.24) is 15.1 Å². The first-order chi connectivity index (χ1) is 13.2. The van der Waals surface area contributed by atoms with Gasteiger partial charge in [-0.3, -0.25) is 14.6 Å². The molecule has 2 N–H and O–H groups in total. The maximum absolute atomic E-state index is 11.9. The lowest BCUT2D eigenvalue weighted by Gasteiger charge is -2.30. The van der Waals surface area contributed by atoms with Crippen LogP contribution in [0.5, 0.6) is 0 Å². The van der Waals surface area contributed by atoms with Gasteiger partial charge in [0.2, 0.25) is 5.91 Å². The zero-order valence-electron chi connectivity index (χ0n) is 15.9. The van der Waals surface area contributed by atoms with Gasteiger partial charge < -0.3 is 19.9 Å². The van der Waals surface area contributed by atoms with Crippen LogP contribution in [0.3, 0.4) is 0 Å². The van der Waals surface area contributed by atoms with E-state index in [1.807, 2.05) is 0 Å². The molecule has 2 heterocycles. The van der Waals surface area contributed by atoms with Gasteiger partial charge in [-0.2, -0.15) is 0 Å². The van der Waals surface area contributed by atoms with E-state index in [0.717, 1.165) is 52.4 Å². The van der Waals surface area contributed by atoms with E-state index in [4.69, 9.17) is 9.47 Å². The number of ether oxygens (including phenoxy) is 2. The monoisotopic (exact) mass is 377 g/mol. The summed E-state index contributed by atoms with van der Waals surface area (Å²) in [6.07, 6.45) is 0.430. The van der Waals surface area contributed by atoms with Crippen molar-refractivity contribution in [3.63, 3.8) is 0 Å². The van der Waals surface area contributed by atoms with Crippen LogP contribution < -0.4 is 5.32 Å². The Morgan fingerprint density at radius 3 is 2.78 bits per heavy atom. The Kier molecular flexibility index (Phi) is 8.04. The van der Waals surface area contributed by atoms with E-state index in [9.17, 15) is 9.90 Å². The maximum atomic E-state index is 11.9. The molecule has 0 saturated carbocycles. The highest BCUT2D eigenvalue weighted by atomic mass is 16.5. The molecular weight excluding hydrogens is 346 g/mol. The van der Waals surface area contributed by atoms with Gasteiger partial charge >= 0.3 is 0 Å². The van der Waals surface area contributed by atoms with Gasteiger partial charge in [-0.1, -0.05) is 24.3 Å². The zero-order chi connectivity index (χ0) is 18.9. The van der Waals surface area contributed by atoms with E-state index >= 15 is 0 Å². The third-order valence-electron chi connectivity index (χ3n) is 5.10. The number of aliphatic hydroxyl groups is 1. The fourth-order valence-corrected chi connectivity index (χ4v) is 3.54. The van der Waals surface area contributed by atoms with E-state index in [-0.39, 0.29) is 19.1 Å². The molecule has 0 aliphatic carbocycles. The number of nitrogens with one attached hydrogen (secondary N) is 1. The van der Waals surface area contributed by atoms with E-state index in [0.29, 0.717) is 13.2 Å². The van der Waals surface area contributed by atoms with Gasteiger partial charge in [-0.15, -0.1) is 0 Å². The third kappa shape index (κ3) is 6.86. The van der Waals surface area contributed by atoms with Crippen molar-refractivity contribution >= 4 is 5.91 Å². The molecule has 2 aliphatic rings. The van der Waals surface area contributed by atoms with Crippen LogP contribution in [0.2, 0.25) is 0 Å². The minimum Gasteiger partial charge on any atom is -0.390 e. The number of fused-ring (bicyclic) bond motifs is 1. The molecule has 0 spiro atoms. The highest BCUT2D eigenvalue weighted by molar-refractivity contribution is 5.77. The molecule has 0 aromatic heterocycles. The Bertz CT molecular complexity index is 592. The Morgan fingerprint density at radius 1 is 1.19 bits per heavy atom. The summed E-state index contributed by atoms with van der Waals surface area (Å²) in [6, 6.07) is 8.44. The first kappa shape index (κ1) is 20.2. The van der Waals surface area contributed by atoms with Crippen LogP contribution in [-0.4, -0.2) is 92.6 Å². The van der Waals surface area contributed by atoms with E-state index in [2.05, 4.69) is 39.4 Å². The molecule has 1 amide bonds. The topological polar surface area (TPSA) is 74.3 Å². The zero-order valence-corrected chi connectivity index (χ0v) is 15.9. The summed E-state index contributed by atoms with van der Waals surface area (Å²) in [5.41, 5.74) is 2.72. The molecule has 1 aromatic carbocycles. The van der Waals surface area contributed by atoms with Gasteiger partial charge in [0.05, 0.1) is 25.9 Å². The summed E-state index contributed by atoms with van der Waals surface area (Å²) in [7, 11) is 0. The first-order valence-electron chi connectivity index (χ1n) is 9.82. The van der Waals surface area contributed by atoms with Crippen molar-refractivity contribution in [2.24, 2.45) is 0 Å². The summed E-state index contributed by atoms with van der Waals surface area (Å²) in [5, 5.41) is 13.0. The number of nitrogens with zero attached hydrogens (tertiary/aromatic N) is 2. The molecule has 27 heavy (non-hydrogen) atoms. The number of benzene rings is 1. The lowest BCUT2D eigenvalue weighted by molar-refractivity contribution is -0.126. The summed E-state index contributed by atoms with van der Waals surface area (Å²) in [4.78, 5) is 16.4. The van der Waals surface area contributed by atoms with Crippen molar-refractivity contribution in [1.29, 1.82) is 0 Å². The Labute approximate surface area is 161 Å². The average Bonchev–Trinajstić information content (AvgIpc) is 2.70. The fourth-order valence-electron chi connectivity index (χ4n) is 3.54. The summed E-state index contributed by atoms with van der Waals surface area (Å²) < 4.78 is 10.7. The lowest BCUT2D eigenvalue weighted by Crippen LogP contribution is -2.43. The fraction of sp³-hybridized carbons (Fsp3) is 0.650. The van der Waals surface area contributed by atoms with E-state index < -0.39 is 6.10 Å². The molecule has 0 radical (unpaired) electrons. The number of rotatable bonds is 9. The van der Waals surface area contributed by atoms with Crippen LogP contribution in [0.4, 0.5) is 0 Å². The summed E-state index contributed by atoms with van der Waals surface area (Å²) in [5.74, 6) is -0.181. The van der Waals surface area contributed by atoms with E-state index in [1.54, 1.807) is 0 Å². The van der Waals surface area contributed by atoms with Crippen LogP contribution in [-0.2, 0) is 27.2 Å². The van der Waals surface area contributed by atoms with Gasteiger partial charge in [-0.05, 0) is 17.5 Å². The number of carbonyl (C=O) groups is 1. The molecule has 7 heteroatoms. The number of hydrogen-bond donors (Lipinski definition) is 2. The smallest absolute Gasteiger partial charge is 0.246 e. The number of aliphatic hydroxyl groups excluding tert-OH is 1. The van der Waals surface area contributed by atoms with Crippen molar-refractivity contribution in [3.8, 4) is 0 Å². The highest BCUT2D eigenvalue weighted by Gasteiger charge is 2.18. The SMILES string of the molecule is O=C(COCCN1CCOCC1)NCC(O)CN1CCc2ccccc2C1. The van der Waals surface area contributed by atoms with Crippen molar-refractivity contribution in [2.45, 2.75) is 19.1 Å². The molecule has 1 unspecified atom stereocenters. The van der Waals surface area contributed by atoms with Gasteiger partial charge in [0.25, 0.3) is 0 Å². The third-order valence-corrected chi connectivity index (χ3v) is 5.10. The van der Waals surface area contributed by atoms with Gasteiger partial charge in [-0.25, -0.2) is 0 Å². The second-order valence-corrected chi connectivity index (χ2v) is 7.22. The molecule has 150 valence electrons. The van der Waals surface area contributed by atoms with Gasteiger partial charge in [0, 0.05) is 45.8 Å². The molecule has 3 rings (SSSR count). The Balaban J connectivity index is 1.25. The Morgan fingerprint density at radius 2 is 1.96 bits per heavy atom. The standard InChI is InChI=1S/C20H31N3O4/c24-19(15-23-6-5-17-3-1-2-4-18(17)14-23)13-21-20(25)16-27-12-9-22-7-10-26-11-8-22/h1-4,19,24H,5-16H2,(H,21,25). The minimum absolute atomic E-state index is 0.0359. The average molecular weight is 377 g/mol. The molecule has 1 fully saturated rings. The van der Waals surface area contributed by atoms with Gasteiger partial charge in [0.1, 0.15) is 6.61 Å². The van der Waals surface area contributed by atoms with Crippen LogP contribution >= 0.6 is 0 Å². The molecule has 2 aliphatic heterocycles. The largest absolute Gasteiger partial charge is 0.390 e. The minimum atomic E-state index is -0.576. The number of carbonyl (C=O) groups excluding carboxylic acids is 1. The lowest BCUT2D eigenvalue weighted by atomic mass is 10.00. The molecule has 1 atom stereocenters. The van der Waals surface area contributed by atoms with Crippen LogP contribution in [0.1, 0.15) is 11.1 Å². The number of morpholine rings is 1. The predicted molar refractivity (Wildman–Crippen MR) is 103 cm³/mol. The first-order valence-corrected chi connectivity index (χ1v) is 9.82. The Hall–Kier alpha value is -1.51.